The Morgan fingerprint density at radius 3 is 2.50 bits per heavy atom. The van der Waals surface area contributed by atoms with Crippen LogP contribution in [0.4, 0.5) is 0 Å². The Hall–Kier alpha value is -1.95. The first-order valence-corrected chi connectivity index (χ1v) is 5.79. The molecule has 0 aliphatic carbocycles. The number of aliphatic hydroxyl groups excluding tert-OH is 1. The molecule has 0 spiro atoms. The summed E-state index contributed by atoms with van der Waals surface area (Å²) < 4.78 is 5.64. The van der Waals surface area contributed by atoms with E-state index in [1.165, 1.54) is 0 Å². The SMILES string of the molecule is OCC#Cc1ccc(Oc2cccc(Cl)c2)cc1. The van der Waals surface area contributed by atoms with Gasteiger partial charge < -0.3 is 9.84 Å². The lowest BCUT2D eigenvalue weighted by molar-refractivity contribution is 0.350. The van der Waals surface area contributed by atoms with Crippen molar-refractivity contribution in [3.05, 3.63) is 59.1 Å². The molecule has 0 amide bonds. The van der Waals surface area contributed by atoms with Crippen LogP contribution in [-0.2, 0) is 0 Å². The second-order valence-electron chi connectivity index (χ2n) is 3.54. The number of benzene rings is 2. The van der Waals surface area contributed by atoms with Crippen molar-refractivity contribution in [1.29, 1.82) is 0 Å². The van der Waals surface area contributed by atoms with Crippen LogP contribution in [0.3, 0.4) is 0 Å². The number of ether oxygens (including phenoxy) is 1. The normalized spacial score (nSPS) is 9.44. The van der Waals surface area contributed by atoms with E-state index in [1.807, 2.05) is 36.4 Å². The Kier molecular flexibility index (Phi) is 4.25. The van der Waals surface area contributed by atoms with Gasteiger partial charge in [0.1, 0.15) is 18.1 Å². The van der Waals surface area contributed by atoms with Crippen molar-refractivity contribution in [2.24, 2.45) is 0 Å². The highest BCUT2D eigenvalue weighted by atomic mass is 35.5. The third kappa shape index (κ3) is 3.53. The second kappa shape index (κ2) is 6.11. The lowest BCUT2D eigenvalue weighted by Gasteiger charge is -2.05. The highest BCUT2D eigenvalue weighted by Crippen LogP contribution is 2.24. The van der Waals surface area contributed by atoms with E-state index < -0.39 is 0 Å². The van der Waals surface area contributed by atoms with Gasteiger partial charge in [0.15, 0.2) is 0 Å². The van der Waals surface area contributed by atoms with Crippen LogP contribution in [0.5, 0.6) is 11.5 Å². The fraction of sp³-hybridized carbons (Fsp3) is 0.0667. The highest BCUT2D eigenvalue weighted by Gasteiger charge is 1.97. The number of rotatable bonds is 2. The molecule has 1 N–H and O–H groups in total. The molecule has 0 radical (unpaired) electrons. The first-order valence-electron chi connectivity index (χ1n) is 5.41. The summed E-state index contributed by atoms with van der Waals surface area (Å²) >= 11 is 5.87. The number of halogens is 1. The van der Waals surface area contributed by atoms with Gasteiger partial charge in [-0.1, -0.05) is 29.5 Å². The minimum absolute atomic E-state index is 0.138. The van der Waals surface area contributed by atoms with Gasteiger partial charge in [-0.25, -0.2) is 0 Å². The molecule has 0 atom stereocenters. The summed E-state index contributed by atoms with van der Waals surface area (Å²) in [7, 11) is 0. The Labute approximate surface area is 111 Å². The maximum absolute atomic E-state index is 8.59. The van der Waals surface area contributed by atoms with Crippen LogP contribution in [0, 0.1) is 11.8 Å². The zero-order valence-corrected chi connectivity index (χ0v) is 10.3. The summed E-state index contributed by atoms with van der Waals surface area (Å²) in [6.45, 7) is -0.138. The van der Waals surface area contributed by atoms with Crippen molar-refractivity contribution in [2.45, 2.75) is 0 Å². The molecule has 0 fully saturated rings. The topological polar surface area (TPSA) is 29.5 Å². The highest BCUT2D eigenvalue weighted by molar-refractivity contribution is 6.30. The average molecular weight is 259 g/mol. The molecular weight excluding hydrogens is 248 g/mol. The van der Waals surface area contributed by atoms with Crippen molar-refractivity contribution in [3.8, 4) is 23.3 Å². The van der Waals surface area contributed by atoms with Gasteiger partial charge in [0.05, 0.1) is 0 Å². The zero-order chi connectivity index (χ0) is 12.8. The van der Waals surface area contributed by atoms with Gasteiger partial charge in [0, 0.05) is 10.6 Å². The largest absolute Gasteiger partial charge is 0.457 e. The molecule has 2 aromatic carbocycles. The minimum atomic E-state index is -0.138. The quantitative estimate of drug-likeness (QED) is 0.836. The fourth-order valence-electron chi connectivity index (χ4n) is 1.41. The second-order valence-corrected chi connectivity index (χ2v) is 3.98. The van der Waals surface area contributed by atoms with Crippen molar-refractivity contribution >= 4 is 11.6 Å². The smallest absolute Gasteiger partial charge is 0.128 e. The standard InChI is InChI=1S/C15H11ClO2/c16-13-4-1-5-15(11-13)18-14-8-6-12(7-9-14)3-2-10-17/h1,4-9,11,17H,10H2. The molecule has 0 heterocycles. The molecule has 2 rings (SSSR count). The molecule has 0 bridgehead atoms. The van der Waals surface area contributed by atoms with E-state index in [0.717, 1.165) is 5.56 Å². The number of aliphatic hydroxyl groups is 1. The van der Waals surface area contributed by atoms with Crippen molar-refractivity contribution < 1.29 is 9.84 Å². The molecule has 18 heavy (non-hydrogen) atoms. The third-order valence-electron chi connectivity index (χ3n) is 2.20. The summed E-state index contributed by atoms with van der Waals surface area (Å²) in [4.78, 5) is 0. The molecule has 0 aromatic heterocycles. The Balaban J connectivity index is 2.11. The molecule has 3 heteroatoms. The van der Waals surface area contributed by atoms with Crippen LogP contribution >= 0.6 is 11.6 Å². The number of hydrogen-bond acceptors (Lipinski definition) is 2. The van der Waals surface area contributed by atoms with Gasteiger partial charge in [0.25, 0.3) is 0 Å². The van der Waals surface area contributed by atoms with Gasteiger partial charge in [0.2, 0.25) is 0 Å². The molecular formula is C15H11ClO2. The summed E-state index contributed by atoms with van der Waals surface area (Å²) in [5.41, 5.74) is 0.836. The predicted octanol–water partition coefficient (Wildman–Crippen LogP) is 3.48. The molecule has 2 nitrogen and oxygen atoms in total. The molecule has 90 valence electrons. The van der Waals surface area contributed by atoms with Crippen LogP contribution < -0.4 is 4.74 Å². The third-order valence-corrected chi connectivity index (χ3v) is 2.43. The maximum Gasteiger partial charge on any atom is 0.128 e. The first kappa shape index (κ1) is 12.5. The van der Waals surface area contributed by atoms with Crippen molar-refractivity contribution in [3.63, 3.8) is 0 Å². The van der Waals surface area contributed by atoms with E-state index in [0.29, 0.717) is 16.5 Å². The lowest BCUT2D eigenvalue weighted by Crippen LogP contribution is -1.84. The Morgan fingerprint density at radius 2 is 1.83 bits per heavy atom. The first-order chi connectivity index (χ1) is 8.78. The van der Waals surface area contributed by atoms with Crippen LogP contribution in [0.2, 0.25) is 5.02 Å². The van der Waals surface area contributed by atoms with Crippen molar-refractivity contribution in [2.75, 3.05) is 6.61 Å². The van der Waals surface area contributed by atoms with E-state index >= 15 is 0 Å². The van der Waals surface area contributed by atoms with Gasteiger partial charge >= 0.3 is 0 Å². The van der Waals surface area contributed by atoms with E-state index in [4.69, 9.17) is 21.4 Å². The monoisotopic (exact) mass is 258 g/mol. The minimum Gasteiger partial charge on any atom is -0.457 e. The Bertz CT molecular complexity index is 579. The van der Waals surface area contributed by atoms with Gasteiger partial charge in [-0.3, -0.25) is 0 Å². The van der Waals surface area contributed by atoms with E-state index in [9.17, 15) is 0 Å². The molecule has 2 aromatic rings. The molecule has 0 saturated heterocycles. The maximum atomic E-state index is 8.59. The molecule has 0 aliphatic heterocycles. The van der Waals surface area contributed by atoms with Crippen LogP contribution in [0.25, 0.3) is 0 Å². The molecule has 0 aliphatic rings. The fourth-order valence-corrected chi connectivity index (χ4v) is 1.59. The molecule has 0 saturated carbocycles. The van der Waals surface area contributed by atoms with E-state index in [1.54, 1.807) is 12.1 Å². The Morgan fingerprint density at radius 1 is 1.06 bits per heavy atom. The van der Waals surface area contributed by atoms with Crippen molar-refractivity contribution in [1.82, 2.24) is 0 Å². The average Bonchev–Trinajstić information content (AvgIpc) is 2.38. The van der Waals surface area contributed by atoms with Gasteiger partial charge in [-0.15, -0.1) is 0 Å². The van der Waals surface area contributed by atoms with Gasteiger partial charge in [-0.2, -0.15) is 0 Å². The number of hydrogen-bond donors (Lipinski definition) is 1. The van der Waals surface area contributed by atoms with Crippen LogP contribution in [-0.4, -0.2) is 11.7 Å². The van der Waals surface area contributed by atoms with E-state index in [-0.39, 0.29) is 6.61 Å². The molecule has 0 unspecified atom stereocenters. The summed E-state index contributed by atoms with van der Waals surface area (Å²) in [6.07, 6.45) is 0. The predicted molar refractivity (Wildman–Crippen MR) is 71.9 cm³/mol. The van der Waals surface area contributed by atoms with E-state index in [2.05, 4.69) is 11.8 Å². The van der Waals surface area contributed by atoms with Crippen LogP contribution in [0.15, 0.2) is 48.5 Å². The van der Waals surface area contributed by atoms with Crippen LogP contribution in [0.1, 0.15) is 5.56 Å². The summed E-state index contributed by atoms with van der Waals surface area (Å²) in [5.74, 6) is 6.81. The summed E-state index contributed by atoms with van der Waals surface area (Å²) in [6, 6.07) is 14.5. The zero-order valence-electron chi connectivity index (χ0n) is 9.56. The summed E-state index contributed by atoms with van der Waals surface area (Å²) in [5, 5.41) is 9.23. The van der Waals surface area contributed by atoms with Gasteiger partial charge in [-0.05, 0) is 42.5 Å². The lowest BCUT2D eigenvalue weighted by atomic mass is 10.2.